The number of rotatable bonds is 6. The number of halogens is 1. The quantitative estimate of drug-likeness (QED) is 0.800. The second-order valence-electron chi connectivity index (χ2n) is 6.17. The van der Waals surface area contributed by atoms with Crippen molar-refractivity contribution in [3.8, 4) is 0 Å². The number of carbonyl (C=O) groups excluding carboxylic acids is 1. The number of amides is 2. The average molecular weight is 344 g/mol. The standard InChI is InChI=1S/C16H26ClN3OS/c1-13-6-10-20(11-7-13)9-3-8-18-16(21)19(2)12-14-4-5-15(17)22-14/h4-5,13H,3,6-12H2,1-2H3,(H,18,21). The summed E-state index contributed by atoms with van der Waals surface area (Å²) in [6.07, 6.45) is 3.62. The van der Waals surface area contributed by atoms with Crippen LogP contribution in [0.1, 0.15) is 31.1 Å². The highest BCUT2D eigenvalue weighted by atomic mass is 35.5. The van der Waals surface area contributed by atoms with E-state index in [4.69, 9.17) is 11.6 Å². The van der Waals surface area contributed by atoms with Crippen LogP contribution in [0.4, 0.5) is 4.79 Å². The van der Waals surface area contributed by atoms with E-state index in [2.05, 4.69) is 17.1 Å². The van der Waals surface area contributed by atoms with Crippen LogP contribution < -0.4 is 5.32 Å². The van der Waals surface area contributed by atoms with Gasteiger partial charge in [0.25, 0.3) is 0 Å². The Morgan fingerprint density at radius 2 is 2.18 bits per heavy atom. The van der Waals surface area contributed by atoms with Crippen molar-refractivity contribution in [1.82, 2.24) is 15.1 Å². The molecule has 2 rings (SSSR count). The summed E-state index contributed by atoms with van der Waals surface area (Å²) in [5, 5.41) is 2.99. The van der Waals surface area contributed by atoms with Gasteiger partial charge >= 0.3 is 6.03 Å². The minimum Gasteiger partial charge on any atom is -0.338 e. The Labute approximate surface area is 142 Å². The van der Waals surface area contributed by atoms with Crippen LogP contribution in [0.2, 0.25) is 4.34 Å². The molecule has 0 unspecified atom stereocenters. The molecule has 22 heavy (non-hydrogen) atoms. The molecule has 1 aromatic rings. The van der Waals surface area contributed by atoms with Crippen molar-refractivity contribution in [2.24, 2.45) is 5.92 Å². The Bertz CT molecular complexity index is 472. The summed E-state index contributed by atoms with van der Waals surface area (Å²) in [7, 11) is 1.81. The third kappa shape index (κ3) is 5.78. The number of urea groups is 1. The molecule has 0 aromatic carbocycles. The molecule has 0 spiro atoms. The zero-order chi connectivity index (χ0) is 15.9. The minimum atomic E-state index is -0.0169. The predicted octanol–water partition coefficient (Wildman–Crippen LogP) is 3.66. The second-order valence-corrected chi connectivity index (χ2v) is 7.97. The van der Waals surface area contributed by atoms with Crippen LogP contribution in [-0.4, -0.2) is 49.1 Å². The molecule has 1 saturated heterocycles. The van der Waals surface area contributed by atoms with Crippen molar-refractivity contribution < 1.29 is 4.79 Å². The molecule has 1 aliphatic rings. The molecule has 124 valence electrons. The SMILES string of the molecule is CC1CCN(CCCNC(=O)N(C)Cc2ccc(Cl)s2)CC1. The summed E-state index contributed by atoms with van der Waals surface area (Å²) in [6, 6.07) is 3.82. The van der Waals surface area contributed by atoms with Crippen LogP contribution in [-0.2, 0) is 6.54 Å². The number of hydrogen-bond donors (Lipinski definition) is 1. The summed E-state index contributed by atoms with van der Waals surface area (Å²) >= 11 is 7.42. The van der Waals surface area contributed by atoms with Gasteiger partial charge in [-0.05, 0) is 56.9 Å². The topological polar surface area (TPSA) is 35.6 Å². The summed E-state index contributed by atoms with van der Waals surface area (Å²) in [5.41, 5.74) is 0. The van der Waals surface area contributed by atoms with Crippen LogP contribution in [0.25, 0.3) is 0 Å². The zero-order valence-corrected chi connectivity index (χ0v) is 15.1. The maximum absolute atomic E-state index is 12.0. The van der Waals surface area contributed by atoms with Gasteiger partial charge in [-0.25, -0.2) is 4.79 Å². The molecule has 0 bridgehead atoms. The van der Waals surface area contributed by atoms with Gasteiger partial charge in [0, 0.05) is 18.5 Å². The molecule has 1 N–H and O–H groups in total. The lowest BCUT2D eigenvalue weighted by molar-refractivity contribution is 0.187. The number of hydrogen-bond acceptors (Lipinski definition) is 3. The molecular formula is C16H26ClN3OS. The number of likely N-dealkylation sites (tertiary alicyclic amines) is 1. The lowest BCUT2D eigenvalue weighted by atomic mass is 9.99. The largest absolute Gasteiger partial charge is 0.338 e. The van der Waals surface area contributed by atoms with E-state index < -0.39 is 0 Å². The number of piperidine rings is 1. The number of nitrogens with one attached hydrogen (secondary N) is 1. The van der Waals surface area contributed by atoms with Crippen molar-refractivity contribution in [3.63, 3.8) is 0 Å². The highest BCUT2D eigenvalue weighted by Gasteiger charge is 2.15. The fourth-order valence-electron chi connectivity index (χ4n) is 2.66. The van der Waals surface area contributed by atoms with E-state index in [1.807, 2.05) is 19.2 Å². The van der Waals surface area contributed by atoms with Crippen molar-refractivity contribution in [3.05, 3.63) is 21.3 Å². The fraction of sp³-hybridized carbons (Fsp3) is 0.688. The first kappa shape index (κ1) is 17.6. The highest BCUT2D eigenvalue weighted by molar-refractivity contribution is 7.16. The van der Waals surface area contributed by atoms with Crippen molar-refractivity contribution in [2.75, 3.05) is 33.2 Å². The van der Waals surface area contributed by atoms with Crippen molar-refractivity contribution in [2.45, 2.75) is 32.7 Å². The average Bonchev–Trinajstić information content (AvgIpc) is 2.90. The van der Waals surface area contributed by atoms with E-state index in [0.29, 0.717) is 6.54 Å². The second kappa shape index (κ2) is 8.75. The smallest absolute Gasteiger partial charge is 0.317 e. The predicted molar refractivity (Wildman–Crippen MR) is 93.6 cm³/mol. The summed E-state index contributed by atoms with van der Waals surface area (Å²) in [5.74, 6) is 0.871. The Morgan fingerprint density at radius 3 is 2.82 bits per heavy atom. The van der Waals surface area contributed by atoms with Crippen LogP contribution in [0.5, 0.6) is 0 Å². The third-order valence-electron chi connectivity index (χ3n) is 4.17. The van der Waals surface area contributed by atoms with Gasteiger partial charge < -0.3 is 15.1 Å². The first-order valence-electron chi connectivity index (χ1n) is 8.00. The van der Waals surface area contributed by atoms with Crippen LogP contribution in [0.3, 0.4) is 0 Å². The lowest BCUT2D eigenvalue weighted by Crippen LogP contribution is -2.39. The molecule has 1 aliphatic heterocycles. The number of nitrogens with zero attached hydrogens (tertiary/aromatic N) is 2. The lowest BCUT2D eigenvalue weighted by Gasteiger charge is -2.30. The van der Waals surface area contributed by atoms with Gasteiger partial charge in [-0.2, -0.15) is 0 Å². The molecule has 1 fully saturated rings. The van der Waals surface area contributed by atoms with E-state index in [1.54, 1.807) is 4.90 Å². The van der Waals surface area contributed by atoms with E-state index in [9.17, 15) is 4.79 Å². The fourth-order valence-corrected chi connectivity index (χ4v) is 3.80. The maximum Gasteiger partial charge on any atom is 0.317 e. The Morgan fingerprint density at radius 1 is 1.45 bits per heavy atom. The molecule has 2 heterocycles. The zero-order valence-electron chi connectivity index (χ0n) is 13.5. The Kier molecular flexibility index (Phi) is 6.99. The van der Waals surface area contributed by atoms with Crippen molar-refractivity contribution >= 4 is 29.0 Å². The summed E-state index contributed by atoms with van der Waals surface area (Å²) < 4.78 is 0.764. The van der Waals surface area contributed by atoms with E-state index in [0.717, 1.165) is 34.6 Å². The normalized spacial score (nSPS) is 16.7. The molecule has 0 atom stereocenters. The highest BCUT2D eigenvalue weighted by Crippen LogP contribution is 2.22. The maximum atomic E-state index is 12.0. The molecule has 0 aliphatic carbocycles. The summed E-state index contributed by atoms with van der Waals surface area (Å²) in [4.78, 5) is 17.3. The number of carbonyl (C=O) groups is 1. The first-order valence-corrected chi connectivity index (χ1v) is 9.19. The van der Waals surface area contributed by atoms with Crippen LogP contribution in [0, 0.1) is 5.92 Å². The van der Waals surface area contributed by atoms with Gasteiger partial charge in [-0.15, -0.1) is 11.3 Å². The van der Waals surface area contributed by atoms with Gasteiger partial charge in [-0.3, -0.25) is 0 Å². The van der Waals surface area contributed by atoms with Gasteiger partial charge in [0.2, 0.25) is 0 Å². The van der Waals surface area contributed by atoms with Gasteiger partial charge in [0.1, 0.15) is 0 Å². The monoisotopic (exact) mass is 343 g/mol. The molecule has 2 amide bonds. The van der Waals surface area contributed by atoms with Crippen LogP contribution >= 0.6 is 22.9 Å². The van der Waals surface area contributed by atoms with E-state index >= 15 is 0 Å². The Balaban J connectivity index is 1.59. The van der Waals surface area contributed by atoms with Crippen molar-refractivity contribution in [1.29, 1.82) is 0 Å². The van der Waals surface area contributed by atoms with E-state index in [-0.39, 0.29) is 6.03 Å². The summed E-state index contributed by atoms with van der Waals surface area (Å²) in [6.45, 7) is 7.15. The molecule has 0 saturated carbocycles. The van der Waals surface area contributed by atoms with Crippen LogP contribution in [0.15, 0.2) is 12.1 Å². The number of thiophene rings is 1. The molecule has 1 aromatic heterocycles. The molecule has 6 heteroatoms. The third-order valence-corrected chi connectivity index (χ3v) is 5.39. The minimum absolute atomic E-state index is 0.0169. The van der Waals surface area contributed by atoms with E-state index in [1.165, 1.54) is 37.3 Å². The van der Waals surface area contributed by atoms with Gasteiger partial charge in [-0.1, -0.05) is 18.5 Å². The Hall–Kier alpha value is -0.780. The molecule has 4 nitrogen and oxygen atoms in total. The molecule has 0 radical (unpaired) electrons. The molecular weight excluding hydrogens is 318 g/mol. The van der Waals surface area contributed by atoms with Gasteiger partial charge in [0.15, 0.2) is 0 Å². The first-order chi connectivity index (χ1) is 10.5. The van der Waals surface area contributed by atoms with Gasteiger partial charge in [0.05, 0.1) is 10.9 Å².